The van der Waals surface area contributed by atoms with Crippen LogP contribution in [0.15, 0.2) is 30.7 Å². The van der Waals surface area contributed by atoms with E-state index < -0.39 is 41.8 Å². The lowest BCUT2D eigenvalue weighted by Gasteiger charge is -2.24. The number of carbonyl (C=O) groups excluding carboxylic acids is 4. The van der Waals surface area contributed by atoms with Gasteiger partial charge in [-0.05, 0) is 45.2 Å². The molecule has 0 aliphatic heterocycles. The minimum absolute atomic E-state index is 0.0437. The van der Waals surface area contributed by atoms with E-state index in [2.05, 4.69) is 15.4 Å². The van der Waals surface area contributed by atoms with Crippen molar-refractivity contribution in [3.05, 3.63) is 42.0 Å². The number of amides is 2. The molecule has 0 unspecified atom stereocenters. The van der Waals surface area contributed by atoms with E-state index in [1.165, 1.54) is 6.20 Å². The molecule has 2 atom stereocenters. The second-order valence-electron chi connectivity index (χ2n) is 8.04. The van der Waals surface area contributed by atoms with E-state index in [9.17, 15) is 19.2 Å². The van der Waals surface area contributed by atoms with Gasteiger partial charge in [0.25, 0.3) is 5.91 Å². The Balaban J connectivity index is 2.22. The van der Waals surface area contributed by atoms with E-state index in [0.717, 1.165) is 0 Å². The van der Waals surface area contributed by atoms with Gasteiger partial charge < -0.3 is 20.1 Å². The summed E-state index contributed by atoms with van der Waals surface area (Å²) in [7, 11) is 0. The number of esters is 2. The van der Waals surface area contributed by atoms with Gasteiger partial charge in [0.15, 0.2) is 1.41 Å². The van der Waals surface area contributed by atoms with Gasteiger partial charge in [-0.2, -0.15) is 5.10 Å². The smallest absolute Gasteiger partial charge is 0.328 e. The van der Waals surface area contributed by atoms with Crippen LogP contribution in [-0.4, -0.2) is 63.8 Å². The van der Waals surface area contributed by atoms with Gasteiger partial charge in [0.05, 0.1) is 36.4 Å². The topological polar surface area (TPSA) is 142 Å². The molecule has 2 amide bonds. The molecule has 0 bridgehead atoms. The van der Waals surface area contributed by atoms with Crippen LogP contribution in [0.5, 0.6) is 0 Å². The van der Waals surface area contributed by atoms with E-state index in [1.54, 1.807) is 63.8 Å². The van der Waals surface area contributed by atoms with Crippen LogP contribution in [0.2, 0.25) is 1.41 Å². The van der Waals surface area contributed by atoms with Gasteiger partial charge in [0.1, 0.15) is 12.1 Å². The third-order valence-electron chi connectivity index (χ3n) is 5.13. The molecule has 0 fully saturated rings. The predicted molar refractivity (Wildman–Crippen MR) is 127 cm³/mol. The first-order valence-corrected chi connectivity index (χ1v) is 11.5. The highest BCUT2D eigenvalue weighted by Gasteiger charge is 2.31. The van der Waals surface area contributed by atoms with Crippen LogP contribution in [0.3, 0.4) is 0 Å². The first-order chi connectivity index (χ1) is 17.1. The van der Waals surface area contributed by atoms with Crippen molar-refractivity contribution in [2.75, 3.05) is 13.2 Å². The van der Waals surface area contributed by atoms with Crippen molar-refractivity contribution in [1.29, 1.82) is 0 Å². The molecule has 0 radical (unpaired) electrons. The fourth-order valence-electron chi connectivity index (χ4n) is 3.32. The number of nitrogens with zero attached hydrogens (tertiary/aromatic N) is 3. The number of carbonyl (C=O) groups is 4. The Morgan fingerprint density at radius 1 is 1.11 bits per heavy atom. The van der Waals surface area contributed by atoms with E-state index >= 15 is 0 Å². The summed E-state index contributed by atoms with van der Waals surface area (Å²) < 4.78 is 19.9. The van der Waals surface area contributed by atoms with E-state index in [1.807, 2.05) is 0 Å². The second kappa shape index (κ2) is 13.2. The highest BCUT2D eigenvalue weighted by molar-refractivity contribution is 5.99. The maximum absolute atomic E-state index is 13.2. The van der Waals surface area contributed by atoms with Crippen LogP contribution in [-0.2, 0) is 23.9 Å². The van der Waals surface area contributed by atoms with Gasteiger partial charge in [-0.15, -0.1) is 0 Å². The molecule has 2 N–H and O–H groups in total. The lowest BCUT2D eigenvalue weighted by atomic mass is 10.0. The number of hydrogen-bond acceptors (Lipinski definition) is 8. The van der Waals surface area contributed by atoms with Crippen molar-refractivity contribution in [3.8, 4) is 5.69 Å². The van der Waals surface area contributed by atoms with Crippen molar-refractivity contribution < 1.29 is 30.1 Å². The molecule has 2 aromatic rings. The Morgan fingerprint density at radius 2 is 1.77 bits per heavy atom. The molecule has 35 heavy (non-hydrogen) atoms. The number of nitrogens with one attached hydrogen (secondary N) is 2. The minimum Gasteiger partial charge on any atom is -0.466 e. The van der Waals surface area contributed by atoms with Gasteiger partial charge in [0, 0.05) is 18.8 Å². The van der Waals surface area contributed by atoms with Gasteiger partial charge in [-0.25, -0.2) is 9.48 Å². The van der Waals surface area contributed by atoms with Gasteiger partial charge >= 0.3 is 11.9 Å². The summed E-state index contributed by atoms with van der Waals surface area (Å²) in [6.07, 6.45) is 4.38. The summed E-state index contributed by atoms with van der Waals surface area (Å²) in [5.74, 6) is -3.12. The third kappa shape index (κ3) is 7.62. The van der Waals surface area contributed by atoms with Crippen LogP contribution in [0.4, 0.5) is 0 Å². The standard InChI is InChI=1S/C24H33N5O6/c1-6-34-20(30)9-8-19(24(33)35-7-2)27-23(32)21(15(3)4)28-22(31)18-14-26-29(16(18)5)17-10-12-25-13-11-17/h10-15,19,21H,6-9H2,1-5H3,(H,27,32)(H,28,31)/t19-,21-/m0/s1/i/hD. The molecular formula is C24H33N5O6. The molecule has 0 aliphatic carbocycles. The van der Waals surface area contributed by atoms with Crippen LogP contribution >= 0.6 is 0 Å². The molecular weight excluding hydrogens is 454 g/mol. The van der Waals surface area contributed by atoms with Crippen molar-refractivity contribution in [2.45, 2.75) is 59.5 Å². The largest absolute Gasteiger partial charge is 0.466 e. The molecule has 2 aromatic heterocycles. The van der Waals surface area contributed by atoms with E-state index in [-0.39, 0.29) is 31.6 Å². The van der Waals surface area contributed by atoms with E-state index in [0.29, 0.717) is 16.7 Å². The lowest BCUT2D eigenvalue weighted by Crippen LogP contribution is -2.54. The first-order valence-electron chi connectivity index (χ1n) is 12.0. The summed E-state index contributed by atoms with van der Waals surface area (Å²) >= 11 is 0. The van der Waals surface area contributed by atoms with Crippen LogP contribution < -0.4 is 10.6 Å². The monoisotopic (exact) mass is 488 g/mol. The molecule has 11 heteroatoms. The Hall–Kier alpha value is -3.76. The molecule has 0 aromatic carbocycles. The molecule has 0 aliphatic rings. The molecule has 190 valence electrons. The Morgan fingerprint density at radius 3 is 2.37 bits per heavy atom. The zero-order valence-electron chi connectivity index (χ0n) is 21.7. The van der Waals surface area contributed by atoms with Gasteiger partial charge in [0.2, 0.25) is 5.91 Å². The zero-order valence-corrected chi connectivity index (χ0v) is 20.7. The van der Waals surface area contributed by atoms with Gasteiger partial charge in [-0.1, -0.05) is 13.8 Å². The van der Waals surface area contributed by atoms with Crippen molar-refractivity contribution in [1.82, 2.24) is 25.4 Å². The summed E-state index contributed by atoms with van der Waals surface area (Å²) in [5.41, 5.74) is 1.34. The highest BCUT2D eigenvalue weighted by Crippen LogP contribution is 2.14. The number of hydrogen-bond donors (Lipinski definition) is 2. The summed E-state index contributed by atoms with van der Waals surface area (Å²) in [4.78, 5) is 54.5. The predicted octanol–water partition coefficient (Wildman–Crippen LogP) is 1.72. The molecule has 2 rings (SSSR count). The third-order valence-corrected chi connectivity index (χ3v) is 5.13. The maximum atomic E-state index is 13.2. The summed E-state index contributed by atoms with van der Waals surface area (Å²) in [6, 6.07) is 1.09. The average molecular weight is 489 g/mol. The van der Waals surface area contributed by atoms with Crippen molar-refractivity contribution >= 4 is 23.8 Å². The maximum Gasteiger partial charge on any atom is 0.328 e. The zero-order chi connectivity index (χ0) is 26.8. The summed E-state index contributed by atoms with van der Waals surface area (Å²) in [5, 5.41) is 7.38. The summed E-state index contributed by atoms with van der Waals surface area (Å²) in [6.45, 7) is 8.62. The quantitative estimate of drug-likeness (QED) is 0.430. The normalized spacial score (nSPS) is 12.9. The number of rotatable bonds is 12. The van der Waals surface area contributed by atoms with Gasteiger partial charge in [-0.3, -0.25) is 19.4 Å². The van der Waals surface area contributed by atoms with Crippen LogP contribution in [0.1, 0.15) is 56.6 Å². The minimum atomic E-state index is -1.22. The highest BCUT2D eigenvalue weighted by atomic mass is 16.5. The molecule has 11 nitrogen and oxygen atoms in total. The van der Waals surface area contributed by atoms with Crippen LogP contribution in [0, 0.1) is 12.8 Å². The lowest BCUT2D eigenvalue weighted by molar-refractivity contribution is -0.149. The molecule has 0 saturated carbocycles. The van der Waals surface area contributed by atoms with Crippen molar-refractivity contribution in [2.24, 2.45) is 5.92 Å². The Labute approximate surface area is 206 Å². The van der Waals surface area contributed by atoms with E-state index in [4.69, 9.17) is 10.9 Å². The molecule has 0 spiro atoms. The fourth-order valence-corrected chi connectivity index (χ4v) is 3.32. The van der Waals surface area contributed by atoms with Crippen molar-refractivity contribution in [3.63, 3.8) is 0 Å². The molecule has 0 saturated heterocycles. The number of pyridine rings is 1. The Kier molecular flexibility index (Phi) is 9.76. The number of aromatic nitrogens is 3. The number of ether oxygens (including phenoxy) is 2. The Bertz CT molecular complexity index is 1060. The van der Waals surface area contributed by atoms with Crippen LogP contribution in [0.25, 0.3) is 5.69 Å². The fraction of sp³-hybridized carbons (Fsp3) is 0.500. The SMILES string of the molecule is [2H]N(C(=O)c1cnn(-c2ccncc2)c1C)[C@H](C(=O)N[C@@H](CCC(=O)OCC)C(=O)OCC)C(C)C. The first kappa shape index (κ1) is 25.9. The molecule has 2 heterocycles. The second-order valence-corrected chi connectivity index (χ2v) is 8.04. The average Bonchev–Trinajstić information content (AvgIpc) is 3.23.